The summed E-state index contributed by atoms with van der Waals surface area (Å²) in [6, 6.07) is 1.98. The molecular formula is C12H20N4O2. The fourth-order valence-corrected chi connectivity index (χ4v) is 1.90. The van der Waals surface area contributed by atoms with Gasteiger partial charge in [-0.25, -0.2) is 9.48 Å². The van der Waals surface area contributed by atoms with Crippen LogP contribution in [0, 0.1) is 6.92 Å². The van der Waals surface area contributed by atoms with Crippen molar-refractivity contribution in [2.24, 2.45) is 0 Å². The first-order valence-electron chi connectivity index (χ1n) is 6.11. The topological polar surface area (TPSA) is 68.2 Å². The number of aryl methyl sites for hydroxylation is 1. The SMILES string of the molecule is Cc1cc2n(n1)CC(NC(=O)OC(C)(C)C)CN2. The van der Waals surface area contributed by atoms with Crippen LogP contribution >= 0.6 is 0 Å². The lowest BCUT2D eigenvalue weighted by Gasteiger charge is -2.27. The monoisotopic (exact) mass is 252 g/mol. The van der Waals surface area contributed by atoms with Gasteiger partial charge in [-0.1, -0.05) is 0 Å². The van der Waals surface area contributed by atoms with E-state index in [0.717, 1.165) is 11.5 Å². The van der Waals surface area contributed by atoms with E-state index in [4.69, 9.17) is 4.74 Å². The molecule has 0 radical (unpaired) electrons. The number of nitrogens with zero attached hydrogens (tertiary/aromatic N) is 2. The maximum Gasteiger partial charge on any atom is 0.407 e. The van der Waals surface area contributed by atoms with E-state index in [1.165, 1.54) is 0 Å². The zero-order valence-corrected chi connectivity index (χ0v) is 11.3. The maximum atomic E-state index is 11.7. The van der Waals surface area contributed by atoms with Crippen LogP contribution in [0.4, 0.5) is 10.6 Å². The van der Waals surface area contributed by atoms with E-state index in [9.17, 15) is 4.79 Å². The number of hydrogen-bond donors (Lipinski definition) is 2. The molecule has 6 heteroatoms. The highest BCUT2D eigenvalue weighted by atomic mass is 16.6. The van der Waals surface area contributed by atoms with E-state index in [1.54, 1.807) is 0 Å². The number of nitrogens with one attached hydrogen (secondary N) is 2. The normalized spacial score (nSPS) is 18.8. The van der Waals surface area contributed by atoms with Gasteiger partial charge in [-0.2, -0.15) is 5.10 Å². The molecule has 1 aromatic rings. The molecule has 2 N–H and O–H groups in total. The molecule has 6 nitrogen and oxygen atoms in total. The number of ether oxygens (including phenoxy) is 1. The molecule has 1 aliphatic rings. The lowest BCUT2D eigenvalue weighted by molar-refractivity contribution is 0.0500. The van der Waals surface area contributed by atoms with Crippen molar-refractivity contribution < 1.29 is 9.53 Å². The lowest BCUT2D eigenvalue weighted by Crippen LogP contribution is -2.47. The van der Waals surface area contributed by atoms with Crippen molar-refractivity contribution >= 4 is 11.9 Å². The van der Waals surface area contributed by atoms with Crippen molar-refractivity contribution in [3.05, 3.63) is 11.8 Å². The van der Waals surface area contributed by atoms with Gasteiger partial charge in [0, 0.05) is 12.6 Å². The Labute approximate surface area is 107 Å². The minimum atomic E-state index is -0.473. The molecule has 1 aromatic heterocycles. The standard InChI is InChI=1S/C12H20N4O2/c1-8-5-10-13-6-9(7-16(10)15-8)14-11(17)18-12(2,3)4/h5,9,13H,6-7H2,1-4H3,(H,14,17). The number of fused-ring (bicyclic) bond motifs is 1. The van der Waals surface area contributed by atoms with Crippen LogP contribution in [0.15, 0.2) is 6.07 Å². The van der Waals surface area contributed by atoms with Crippen LogP contribution in [0.1, 0.15) is 26.5 Å². The molecule has 0 aliphatic carbocycles. The second kappa shape index (κ2) is 4.51. The van der Waals surface area contributed by atoms with Gasteiger partial charge in [0.05, 0.1) is 18.3 Å². The van der Waals surface area contributed by atoms with Gasteiger partial charge in [0.15, 0.2) is 0 Å². The highest BCUT2D eigenvalue weighted by Crippen LogP contribution is 2.15. The summed E-state index contributed by atoms with van der Waals surface area (Å²) in [4.78, 5) is 11.7. The van der Waals surface area contributed by atoms with Gasteiger partial charge in [-0.3, -0.25) is 0 Å². The minimum Gasteiger partial charge on any atom is -0.444 e. The first kappa shape index (κ1) is 12.7. The molecule has 0 saturated carbocycles. The summed E-state index contributed by atoms with van der Waals surface area (Å²) in [7, 11) is 0. The van der Waals surface area contributed by atoms with Crippen LogP contribution in [0.3, 0.4) is 0 Å². The summed E-state index contributed by atoms with van der Waals surface area (Å²) in [5.74, 6) is 0.995. The van der Waals surface area contributed by atoms with E-state index >= 15 is 0 Å². The highest BCUT2D eigenvalue weighted by Gasteiger charge is 2.23. The van der Waals surface area contributed by atoms with Crippen molar-refractivity contribution in [2.45, 2.75) is 45.9 Å². The van der Waals surface area contributed by atoms with Crippen LogP contribution in [0.25, 0.3) is 0 Å². The lowest BCUT2D eigenvalue weighted by atomic mass is 10.2. The number of hydrogen-bond acceptors (Lipinski definition) is 4. The Hall–Kier alpha value is -1.72. The second-order valence-electron chi connectivity index (χ2n) is 5.58. The van der Waals surface area contributed by atoms with Gasteiger partial charge in [0.25, 0.3) is 0 Å². The third kappa shape index (κ3) is 3.15. The molecule has 100 valence electrons. The summed E-state index contributed by atoms with van der Waals surface area (Å²) >= 11 is 0. The highest BCUT2D eigenvalue weighted by molar-refractivity contribution is 5.68. The van der Waals surface area contributed by atoms with E-state index in [1.807, 2.05) is 38.4 Å². The Morgan fingerprint density at radius 1 is 1.61 bits per heavy atom. The van der Waals surface area contributed by atoms with Crippen LogP contribution < -0.4 is 10.6 Å². The predicted molar refractivity (Wildman–Crippen MR) is 68.6 cm³/mol. The van der Waals surface area contributed by atoms with E-state index in [2.05, 4.69) is 15.7 Å². The number of anilines is 1. The average molecular weight is 252 g/mol. The van der Waals surface area contributed by atoms with Gasteiger partial charge in [-0.15, -0.1) is 0 Å². The number of rotatable bonds is 1. The van der Waals surface area contributed by atoms with Crippen LogP contribution in [-0.2, 0) is 11.3 Å². The van der Waals surface area contributed by atoms with Gasteiger partial charge < -0.3 is 15.4 Å². The van der Waals surface area contributed by atoms with E-state index < -0.39 is 5.60 Å². The van der Waals surface area contributed by atoms with E-state index in [-0.39, 0.29) is 12.1 Å². The largest absolute Gasteiger partial charge is 0.444 e. The summed E-state index contributed by atoms with van der Waals surface area (Å²) in [6.07, 6.45) is -0.387. The van der Waals surface area contributed by atoms with Crippen molar-refractivity contribution in [3.63, 3.8) is 0 Å². The number of amides is 1. The van der Waals surface area contributed by atoms with Crippen molar-refractivity contribution in [3.8, 4) is 0 Å². The first-order valence-corrected chi connectivity index (χ1v) is 6.11. The fraction of sp³-hybridized carbons (Fsp3) is 0.667. The third-order valence-electron chi connectivity index (χ3n) is 2.55. The zero-order valence-electron chi connectivity index (χ0n) is 11.3. The van der Waals surface area contributed by atoms with Gasteiger partial charge in [0.2, 0.25) is 0 Å². The molecule has 18 heavy (non-hydrogen) atoms. The van der Waals surface area contributed by atoms with E-state index in [0.29, 0.717) is 13.1 Å². The average Bonchev–Trinajstić information content (AvgIpc) is 2.53. The predicted octanol–water partition coefficient (Wildman–Crippen LogP) is 1.51. The van der Waals surface area contributed by atoms with Crippen LogP contribution in [-0.4, -0.2) is 34.1 Å². The van der Waals surface area contributed by atoms with Gasteiger partial charge in [0.1, 0.15) is 11.4 Å². The Balaban J connectivity index is 1.91. The molecule has 0 spiro atoms. The maximum absolute atomic E-state index is 11.7. The van der Waals surface area contributed by atoms with Crippen molar-refractivity contribution in [1.82, 2.24) is 15.1 Å². The van der Waals surface area contributed by atoms with Crippen molar-refractivity contribution in [2.75, 3.05) is 11.9 Å². The number of carbonyl (C=O) groups excluding carboxylic acids is 1. The molecule has 0 saturated heterocycles. The minimum absolute atomic E-state index is 0.00773. The molecule has 1 unspecified atom stereocenters. The van der Waals surface area contributed by atoms with Crippen LogP contribution in [0.2, 0.25) is 0 Å². The van der Waals surface area contributed by atoms with Crippen LogP contribution in [0.5, 0.6) is 0 Å². The summed E-state index contributed by atoms with van der Waals surface area (Å²) in [5, 5.41) is 10.4. The number of aromatic nitrogens is 2. The molecular weight excluding hydrogens is 232 g/mol. The molecule has 1 amide bonds. The molecule has 1 aliphatic heterocycles. The summed E-state index contributed by atoms with van der Waals surface area (Å²) in [6.45, 7) is 8.84. The molecule has 1 atom stereocenters. The Morgan fingerprint density at radius 2 is 2.33 bits per heavy atom. The number of alkyl carbamates (subject to hydrolysis) is 1. The fourth-order valence-electron chi connectivity index (χ4n) is 1.90. The second-order valence-corrected chi connectivity index (χ2v) is 5.58. The molecule has 0 fully saturated rings. The Kier molecular flexibility index (Phi) is 3.19. The zero-order chi connectivity index (χ0) is 13.3. The van der Waals surface area contributed by atoms with Crippen molar-refractivity contribution in [1.29, 1.82) is 0 Å². The Bertz CT molecular complexity index is 447. The molecule has 2 heterocycles. The Morgan fingerprint density at radius 3 is 3.00 bits per heavy atom. The summed E-state index contributed by atoms with van der Waals surface area (Å²) < 4.78 is 7.09. The molecule has 0 bridgehead atoms. The summed E-state index contributed by atoms with van der Waals surface area (Å²) in [5.41, 5.74) is 0.495. The third-order valence-corrected chi connectivity index (χ3v) is 2.55. The number of carbonyl (C=O) groups is 1. The smallest absolute Gasteiger partial charge is 0.407 e. The molecule has 2 rings (SSSR count). The first-order chi connectivity index (χ1) is 8.33. The quantitative estimate of drug-likeness (QED) is 0.795. The molecule has 0 aromatic carbocycles. The van der Waals surface area contributed by atoms with Gasteiger partial charge in [-0.05, 0) is 27.7 Å². The van der Waals surface area contributed by atoms with Gasteiger partial charge >= 0.3 is 6.09 Å².